The molecule has 102 valence electrons. The third kappa shape index (κ3) is 2.50. The normalized spacial score (nSPS) is 13.6. The van der Waals surface area contributed by atoms with Crippen LogP contribution in [0.4, 0.5) is 23.2 Å². The van der Waals surface area contributed by atoms with E-state index < -0.39 is 21.9 Å². The van der Waals surface area contributed by atoms with Gasteiger partial charge in [-0.15, -0.1) is 0 Å². The molecule has 8 heteroatoms. The lowest BCUT2D eigenvalue weighted by Gasteiger charge is -2.35. The van der Waals surface area contributed by atoms with Crippen molar-refractivity contribution in [3.63, 3.8) is 0 Å². The standard InChI is InChI=1S/C10H9Cl2F4NO/c1-17-7-4-2-6(3-5-7)8(18,9(11,13)14)10(12,15)16/h2-5,17-18H,1H3. The lowest BCUT2D eigenvalue weighted by atomic mass is 9.94. The molecular formula is C10H9Cl2F4NO. The summed E-state index contributed by atoms with van der Waals surface area (Å²) in [6.07, 6.45) is 0. The maximum atomic E-state index is 13.1. The van der Waals surface area contributed by atoms with Gasteiger partial charge in [-0.3, -0.25) is 0 Å². The molecule has 0 saturated heterocycles. The Hall–Kier alpha value is -0.720. The van der Waals surface area contributed by atoms with Gasteiger partial charge in [0.05, 0.1) is 0 Å². The number of nitrogens with one attached hydrogen (secondary N) is 1. The Kier molecular flexibility index (Phi) is 4.05. The van der Waals surface area contributed by atoms with Crippen molar-refractivity contribution in [1.29, 1.82) is 0 Å². The minimum Gasteiger partial charge on any atom is -0.388 e. The largest absolute Gasteiger partial charge is 0.388 e. The van der Waals surface area contributed by atoms with Gasteiger partial charge in [0, 0.05) is 12.7 Å². The molecule has 0 unspecified atom stereocenters. The van der Waals surface area contributed by atoms with E-state index in [0.29, 0.717) is 5.69 Å². The first-order valence-electron chi connectivity index (χ1n) is 4.68. The molecule has 1 rings (SSSR count). The quantitative estimate of drug-likeness (QED) is 0.658. The van der Waals surface area contributed by atoms with Crippen molar-refractivity contribution in [2.75, 3.05) is 12.4 Å². The molecule has 1 aromatic carbocycles. The van der Waals surface area contributed by atoms with Crippen LogP contribution >= 0.6 is 23.2 Å². The molecule has 0 heterocycles. The summed E-state index contributed by atoms with van der Waals surface area (Å²) in [6, 6.07) is 4.23. The van der Waals surface area contributed by atoms with Crippen LogP contribution in [0.25, 0.3) is 0 Å². The number of hydrogen-bond acceptors (Lipinski definition) is 2. The van der Waals surface area contributed by atoms with Gasteiger partial charge in [-0.05, 0) is 40.9 Å². The highest BCUT2D eigenvalue weighted by molar-refractivity contribution is 6.26. The fraction of sp³-hybridized carbons (Fsp3) is 0.400. The van der Waals surface area contributed by atoms with Crippen LogP contribution in [-0.4, -0.2) is 22.9 Å². The number of anilines is 1. The lowest BCUT2D eigenvalue weighted by Crippen LogP contribution is -2.52. The zero-order valence-corrected chi connectivity index (χ0v) is 10.5. The van der Waals surface area contributed by atoms with E-state index >= 15 is 0 Å². The fourth-order valence-electron chi connectivity index (χ4n) is 1.37. The molecule has 0 aromatic heterocycles. The van der Waals surface area contributed by atoms with E-state index in [1.807, 2.05) is 0 Å². The summed E-state index contributed by atoms with van der Waals surface area (Å²) in [7, 11) is 1.55. The molecule has 0 aliphatic carbocycles. The molecule has 2 nitrogen and oxygen atoms in total. The summed E-state index contributed by atoms with van der Waals surface area (Å²) >= 11 is 9.14. The molecule has 0 saturated carbocycles. The first-order chi connectivity index (χ1) is 8.04. The van der Waals surface area contributed by atoms with Crippen molar-refractivity contribution in [3.8, 4) is 0 Å². The van der Waals surface area contributed by atoms with Gasteiger partial charge >= 0.3 is 10.8 Å². The van der Waals surface area contributed by atoms with E-state index in [-0.39, 0.29) is 0 Å². The molecule has 1 aromatic rings. The first kappa shape index (κ1) is 15.3. The second kappa shape index (κ2) is 4.75. The van der Waals surface area contributed by atoms with Crippen molar-refractivity contribution in [3.05, 3.63) is 29.8 Å². The zero-order chi connectivity index (χ0) is 14.2. The van der Waals surface area contributed by atoms with Gasteiger partial charge < -0.3 is 10.4 Å². The average Bonchev–Trinajstić information content (AvgIpc) is 2.25. The Morgan fingerprint density at radius 2 is 1.39 bits per heavy atom. The summed E-state index contributed by atoms with van der Waals surface area (Å²) in [5.74, 6) is 0. The Bertz CT molecular complexity index is 399. The van der Waals surface area contributed by atoms with Crippen LogP contribution in [0.5, 0.6) is 0 Å². The molecule has 18 heavy (non-hydrogen) atoms. The molecule has 0 fully saturated rings. The van der Waals surface area contributed by atoms with E-state index in [0.717, 1.165) is 12.1 Å². The SMILES string of the molecule is CNc1ccc(C(O)(C(F)(F)Cl)C(F)(F)Cl)cc1. The number of rotatable bonds is 4. The van der Waals surface area contributed by atoms with Crippen LogP contribution in [-0.2, 0) is 5.60 Å². The Morgan fingerprint density at radius 1 is 1.00 bits per heavy atom. The smallest absolute Gasteiger partial charge is 0.361 e. The third-order valence-electron chi connectivity index (χ3n) is 2.41. The predicted octanol–water partition coefficient (Wildman–Crippen LogP) is 3.58. The second-order valence-electron chi connectivity index (χ2n) is 3.53. The summed E-state index contributed by atoms with van der Waals surface area (Å²) in [4.78, 5) is 0. The highest BCUT2D eigenvalue weighted by Gasteiger charge is 2.67. The summed E-state index contributed by atoms with van der Waals surface area (Å²) in [6.45, 7) is 0. The number of alkyl halides is 6. The van der Waals surface area contributed by atoms with Gasteiger partial charge in [-0.2, -0.15) is 17.6 Å². The van der Waals surface area contributed by atoms with Crippen molar-refractivity contribution >= 4 is 28.9 Å². The topological polar surface area (TPSA) is 32.3 Å². The molecule has 0 aliphatic rings. The van der Waals surface area contributed by atoms with Gasteiger partial charge in [-0.1, -0.05) is 12.1 Å². The molecule has 0 atom stereocenters. The fourth-order valence-corrected chi connectivity index (χ4v) is 1.87. The monoisotopic (exact) mass is 305 g/mol. The highest BCUT2D eigenvalue weighted by Crippen LogP contribution is 2.52. The number of halogens is 6. The average molecular weight is 306 g/mol. The van der Waals surface area contributed by atoms with Crippen molar-refractivity contribution in [2.45, 2.75) is 16.4 Å². The minimum absolute atomic E-state index is 0.483. The van der Waals surface area contributed by atoms with Gasteiger partial charge in [0.25, 0.3) is 0 Å². The van der Waals surface area contributed by atoms with Crippen LogP contribution in [0, 0.1) is 0 Å². The van der Waals surface area contributed by atoms with Gasteiger partial charge in [0.2, 0.25) is 5.60 Å². The first-order valence-corrected chi connectivity index (χ1v) is 5.43. The molecule has 0 spiro atoms. The van der Waals surface area contributed by atoms with E-state index in [1.54, 1.807) is 7.05 Å². The third-order valence-corrected chi connectivity index (χ3v) is 2.96. The minimum atomic E-state index is -4.64. The number of hydrogen-bond donors (Lipinski definition) is 2. The molecule has 0 amide bonds. The van der Waals surface area contributed by atoms with E-state index in [9.17, 15) is 22.7 Å². The second-order valence-corrected chi connectivity index (χ2v) is 4.48. The van der Waals surface area contributed by atoms with Crippen LogP contribution in [0.15, 0.2) is 24.3 Å². The van der Waals surface area contributed by atoms with Gasteiger partial charge in [-0.25, -0.2) is 0 Å². The van der Waals surface area contributed by atoms with Crippen LogP contribution in [0.1, 0.15) is 5.56 Å². The molecule has 0 aliphatic heterocycles. The number of benzene rings is 1. The molecular weight excluding hydrogens is 297 g/mol. The molecule has 2 N–H and O–H groups in total. The molecule has 0 radical (unpaired) electrons. The predicted molar refractivity (Wildman–Crippen MR) is 61.5 cm³/mol. The maximum Gasteiger partial charge on any atom is 0.361 e. The lowest BCUT2D eigenvalue weighted by molar-refractivity contribution is -0.224. The van der Waals surface area contributed by atoms with Crippen molar-refractivity contribution < 1.29 is 22.7 Å². The molecule has 0 bridgehead atoms. The maximum absolute atomic E-state index is 13.1. The Balaban J connectivity index is 3.36. The van der Waals surface area contributed by atoms with Crippen molar-refractivity contribution in [2.24, 2.45) is 0 Å². The summed E-state index contributed by atoms with van der Waals surface area (Å²) < 4.78 is 52.3. The van der Waals surface area contributed by atoms with E-state index in [2.05, 4.69) is 28.5 Å². The van der Waals surface area contributed by atoms with E-state index in [1.165, 1.54) is 12.1 Å². The summed E-state index contributed by atoms with van der Waals surface area (Å²) in [5, 5.41) is 2.92. The van der Waals surface area contributed by atoms with E-state index in [4.69, 9.17) is 0 Å². The van der Waals surface area contributed by atoms with Crippen molar-refractivity contribution in [1.82, 2.24) is 0 Å². The van der Waals surface area contributed by atoms with Crippen LogP contribution < -0.4 is 5.32 Å². The van der Waals surface area contributed by atoms with Gasteiger partial charge in [0.1, 0.15) is 0 Å². The highest BCUT2D eigenvalue weighted by atomic mass is 35.5. The summed E-state index contributed by atoms with van der Waals surface area (Å²) in [5.41, 5.74) is -4.31. The number of aliphatic hydroxyl groups is 1. The van der Waals surface area contributed by atoms with Crippen LogP contribution in [0.3, 0.4) is 0 Å². The zero-order valence-electron chi connectivity index (χ0n) is 9.02. The Morgan fingerprint density at radius 3 is 1.67 bits per heavy atom. The Labute approximate surface area is 111 Å². The van der Waals surface area contributed by atoms with Gasteiger partial charge in [0.15, 0.2) is 0 Å². The van der Waals surface area contributed by atoms with Crippen LogP contribution in [0.2, 0.25) is 0 Å².